The molecule has 2 rings (SSSR count). The number of benzene rings is 2. The van der Waals surface area contributed by atoms with Gasteiger partial charge in [-0.2, -0.15) is 0 Å². The lowest BCUT2D eigenvalue weighted by Gasteiger charge is -2.06. The Balaban J connectivity index is 0.00000162. The predicted octanol–water partition coefficient (Wildman–Crippen LogP) is 3.95. The number of nitrogens with one attached hydrogen (secondary N) is 1. The quantitative estimate of drug-likeness (QED) is 0.662. The van der Waals surface area contributed by atoms with E-state index in [-0.39, 0.29) is 18.2 Å². The van der Waals surface area contributed by atoms with E-state index in [1.54, 1.807) is 24.3 Å². The minimum atomic E-state index is 0. The van der Waals surface area contributed by atoms with E-state index >= 15 is 0 Å². The first-order valence-corrected chi connectivity index (χ1v) is 5.82. The summed E-state index contributed by atoms with van der Waals surface area (Å²) in [5.74, 6) is 1.54. The normalized spacial score (nSPS) is 9.39. The molecule has 0 radical (unpaired) electrons. The number of hydrogen-bond donors (Lipinski definition) is 2. The Labute approximate surface area is 120 Å². The summed E-state index contributed by atoms with van der Waals surface area (Å²) >= 11 is 3.36. The first-order chi connectivity index (χ1) is 8.15. The first-order valence-electron chi connectivity index (χ1n) is 5.03. The molecule has 3 nitrogen and oxygen atoms in total. The van der Waals surface area contributed by atoms with E-state index in [0.29, 0.717) is 5.56 Å². The lowest BCUT2D eigenvalue weighted by atomic mass is 10.2. The van der Waals surface area contributed by atoms with Crippen molar-refractivity contribution in [2.75, 3.05) is 0 Å². The van der Waals surface area contributed by atoms with Gasteiger partial charge in [-0.3, -0.25) is 5.41 Å². The molecule has 5 heteroatoms. The van der Waals surface area contributed by atoms with Gasteiger partial charge >= 0.3 is 0 Å². The monoisotopic (exact) mass is 326 g/mol. The largest absolute Gasteiger partial charge is 0.457 e. The lowest BCUT2D eigenvalue weighted by molar-refractivity contribution is 0.482. The molecule has 0 aromatic heterocycles. The van der Waals surface area contributed by atoms with Crippen LogP contribution in [0.1, 0.15) is 5.56 Å². The van der Waals surface area contributed by atoms with Gasteiger partial charge in [0.1, 0.15) is 17.3 Å². The highest BCUT2D eigenvalue weighted by molar-refractivity contribution is 9.10. The van der Waals surface area contributed by atoms with Gasteiger partial charge in [0.25, 0.3) is 0 Å². The molecule has 0 aliphatic rings. The second kappa shape index (κ2) is 6.42. The number of ether oxygens (including phenoxy) is 1. The average Bonchev–Trinajstić information content (AvgIpc) is 2.33. The third kappa shape index (κ3) is 3.75. The van der Waals surface area contributed by atoms with Crippen molar-refractivity contribution in [1.29, 1.82) is 5.41 Å². The predicted molar refractivity (Wildman–Crippen MR) is 78.9 cm³/mol. The molecule has 3 N–H and O–H groups in total. The topological polar surface area (TPSA) is 59.1 Å². The summed E-state index contributed by atoms with van der Waals surface area (Å²) in [5.41, 5.74) is 6.06. The van der Waals surface area contributed by atoms with Crippen LogP contribution in [0.5, 0.6) is 11.5 Å². The molecule has 0 fully saturated rings. The molecule has 18 heavy (non-hydrogen) atoms. The maximum Gasteiger partial charge on any atom is 0.127 e. The number of amidine groups is 1. The Hall–Kier alpha value is -1.52. The zero-order valence-electron chi connectivity index (χ0n) is 9.39. The fraction of sp³-hybridized carbons (Fsp3) is 0. The highest BCUT2D eigenvalue weighted by atomic mass is 79.9. The van der Waals surface area contributed by atoms with Crippen molar-refractivity contribution in [2.45, 2.75) is 0 Å². The molecule has 0 bridgehead atoms. The zero-order valence-corrected chi connectivity index (χ0v) is 11.8. The van der Waals surface area contributed by atoms with Crippen LogP contribution in [0.4, 0.5) is 0 Å². The third-order valence-corrected chi connectivity index (χ3v) is 2.74. The summed E-state index contributed by atoms with van der Waals surface area (Å²) in [6, 6.07) is 14.7. The van der Waals surface area contributed by atoms with E-state index in [9.17, 15) is 0 Å². The van der Waals surface area contributed by atoms with Crippen LogP contribution in [0.15, 0.2) is 53.0 Å². The summed E-state index contributed by atoms with van der Waals surface area (Å²) in [7, 11) is 0. The van der Waals surface area contributed by atoms with E-state index in [1.165, 1.54) is 0 Å². The number of hydrogen-bond acceptors (Lipinski definition) is 2. The van der Waals surface area contributed by atoms with E-state index in [1.807, 2.05) is 24.3 Å². The molecule has 0 aliphatic heterocycles. The Morgan fingerprint density at radius 2 is 1.39 bits per heavy atom. The summed E-state index contributed by atoms with van der Waals surface area (Å²) in [4.78, 5) is 0. The molecule has 0 amide bonds. The minimum absolute atomic E-state index is 0. The van der Waals surface area contributed by atoms with Gasteiger partial charge in [0.2, 0.25) is 0 Å². The molecular weight excluding hydrogens is 316 g/mol. The van der Waals surface area contributed by atoms with E-state index in [0.717, 1.165) is 16.0 Å². The van der Waals surface area contributed by atoms with E-state index in [2.05, 4.69) is 15.9 Å². The van der Waals surface area contributed by atoms with Gasteiger partial charge in [0.05, 0.1) is 0 Å². The van der Waals surface area contributed by atoms with Crippen molar-refractivity contribution in [1.82, 2.24) is 0 Å². The number of rotatable bonds is 3. The summed E-state index contributed by atoms with van der Waals surface area (Å²) in [5, 5.41) is 7.28. The summed E-state index contributed by atoms with van der Waals surface area (Å²) in [6.07, 6.45) is 0. The van der Waals surface area contributed by atoms with Crippen LogP contribution >= 0.6 is 28.3 Å². The number of halogens is 2. The van der Waals surface area contributed by atoms with Crippen molar-refractivity contribution >= 4 is 34.2 Å². The Kier molecular flexibility index (Phi) is 5.19. The molecular formula is C13H12BrClN2O. The van der Waals surface area contributed by atoms with Crippen molar-refractivity contribution in [3.63, 3.8) is 0 Å². The first kappa shape index (κ1) is 14.5. The van der Waals surface area contributed by atoms with Crippen LogP contribution < -0.4 is 10.5 Å². The van der Waals surface area contributed by atoms with Crippen LogP contribution in [0, 0.1) is 5.41 Å². The Morgan fingerprint density at radius 1 is 0.944 bits per heavy atom. The fourth-order valence-corrected chi connectivity index (χ4v) is 1.61. The lowest BCUT2D eigenvalue weighted by Crippen LogP contribution is -2.10. The second-order valence-corrected chi connectivity index (χ2v) is 4.41. The van der Waals surface area contributed by atoms with Gasteiger partial charge in [0, 0.05) is 10.0 Å². The van der Waals surface area contributed by atoms with Crippen LogP contribution in [-0.2, 0) is 0 Å². The van der Waals surface area contributed by atoms with Gasteiger partial charge in [0.15, 0.2) is 0 Å². The van der Waals surface area contributed by atoms with E-state index in [4.69, 9.17) is 15.9 Å². The van der Waals surface area contributed by atoms with Crippen LogP contribution in [0.2, 0.25) is 0 Å². The van der Waals surface area contributed by atoms with Gasteiger partial charge in [-0.15, -0.1) is 12.4 Å². The maximum absolute atomic E-state index is 7.28. The number of nitrogen functional groups attached to an aromatic ring is 1. The molecule has 0 heterocycles. The van der Waals surface area contributed by atoms with Gasteiger partial charge in [-0.05, 0) is 48.5 Å². The average molecular weight is 328 g/mol. The second-order valence-electron chi connectivity index (χ2n) is 3.49. The molecule has 2 aromatic rings. The molecule has 0 atom stereocenters. The van der Waals surface area contributed by atoms with Crippen molar-refractivity contribution in [3.05, 3.63) is 58.6 Å². The number of nitrogens with two attached hydrogens (primary N) is 1. The van der Waals surface area contributed by atoms with Crippen LogP contribution in [0.3, 0.4) is 0 Å². The summed E-state index contributed by atoms with van der Waals surface area (Å²) in [6.45, 7) is 0. The van der Waals surface area contributed by atoms with Gasteiger partial charge < -0.3 is 10.5 Å². The molecule has 0 aliphatic carbocycles. The highest BCUT2D eigenvalue weighted by Crippen LogP contribution is 2.23. The van der Waals surface area contributed by atoms with E-state index < -0.39 is 0 Å². The van der Waals surface area contributed by atoms with Gasteiger partial charge in [-0.25, -0.2) is 0 Å². The van der Waals surface area contributed by atoms with Crippen molar-refractivity contribution in [3.8, 4) is 11.5 Å². The Morgan fingerprint density at radius 3 is 1.83 bits per heavy atom. The molecule has 0 saturated heterocycles. The maximum atomic E-state index is 7.28. The molecule has 0 spiro atoms. The third-order valence-electron chi connectivity index (χ3n) is 2.21. The fourth-order valence-electron chi connectivity index (χ4n) is 1.34. The Bertz CT molecular complexity index is 526. The highest BCUT2D eigenvalue weighted by Gasteiger charge is 1.99. The molecule has 2 aromatic carbocycles. The SMILES string of the molecule is Cl.N=C(N)c1ccc(Oc2ccc(Br)cc2)cc1. The van der Waals surface area contributed by atoms with Crippen LogP contribution in [0.25, 0.3) is 0 Å². The van der Waals surface area contributed by atoms with Crippen LogP contribution in [-0.4, -0.2) is 5.84 Å². The standard InChI is InChI=1S/C13H11BrN2O.ClH/c14-10-3-7-12(8-4-10)17-11-5-1-9(2-6-11)13(15)16;/h1-8H,(H3,15,16);1H. The molecule has 94 valence electrons. The molecule has 0 saturated carbocycles. The minimum Gasteiger partial charge on any atom is -0.457 e. The summed E-state index contributed by atoms with van der Waals surface area (Å²) < 4.78 is 6.65. The smallest absolute Gasteiger partial charge is 0.127 e. The van der Waals surface area contributed by atoms with Crippen molar-refractivity contribution in [2.24, 2.45) is 5.73 Å². The van der Waals surface area contributed by atoms with Gasteiger partial charge in [-0.1, -0.05) is 15.9 Å². The molecule has 0 unspecified atom stereocenters. The zero-order chi connectivity index (χ0) is 12.3. The van der Waals surface area contributed by atoms with Crippen molar-refractivity contribution < 1.29 is 4.74 Å².